The summed E-state index contributed by atoms with van der Waals surface area (Å²) in [7, 11) is 0. The first-order valence-corrected chi connectivity index (χ1v) is 5.86. The summed E-state index contributed by atoms with van der Waals surface area (Å²) in [5.74, 6) is 0.906. The maximum atomic E-state index is 11.7. The zero-order chi connectivity index (χ0) is 14.7. The molecule has 1 unspecified atom stereocenters. The van der Waals surface area contributed by atoms with Gasteiger partial charge in [0.15, 0.2) is 6.10 Å². The van der Waals surface area contributed by atoms with Gasteiger partial charge in [0, 0.05) is 12.2 Å². The second-order valence-electron chi connectivity index (χ2n) is 4.11. The summed E-state index contributed by atoms with van der Waals surface area (Å²) >= 11 is 0. The summed E-state index contributed by atoms with van der Waals surface area (Å²) in [6.07, 6.45) is 6.89. The predicted molar refractivity (Wildman–Crippen MR) is 71.8 cm³/mol. The fourth-order valence-corrected chi connectivity index (χ4v) is 1.66. The minimum atomic E-state index is -0.617. The number of anilines is 1. The Morgan fingerprint density at radius 1 is 1.20 bits per heavy atom. The minimum absolute atomic E-state index is 0.294. The van der Waals surface area contributed by atoms with Crippen molar-refractivity contribution in [3.8, 4) is 12.3 Å². The average molecular weight is 269 g/mol. The van der Waals surface area contributed by atoms with Crippen molar-refractivity contribution < 1.29 is 19.1 Å². The quantitative estimate of drug-likeness (QED) is 0.471. The number of amides is 2. The SMILES string of the molecule is C#CC(C)OC(=O)c1ccc(N2C(=O)C=CC2=O)cc1. The number of benzene rings is 1. The van der Waals surface area contributed by atoms with Crippen LogP contribution in [0.5, 0.6) is 0 Å². The lowest BCUT2D eigenvalue weighted by molar-refractivity contribution is -0.119. The molecule has 1 aliphatic heterocycles. The Balaban J connectivity index is 2.15. The van der Waals surface area contributed by atoms with Crippen LogP contribution in [0, 0.1) is 12.3 Å². The maximum absolute atomic E-state index is 11.7. The zero-order valence-corrected chi connectivity index (χ0v) is 10.7. The number of hydrogen-bond acceptors (Lipinski definition) is 4. The van der Waals surface area contributed by atoms with Gasteiger partial charge in [0.2, 0.25) is 0 Å². The van der Waals surface area contributed by atoms with Crippen molar-refractivity contribution >= 4 is 23.5 Å². The molecular weight excluding hydrogens is 258 g/mol. The summed E-state index contributed by atoms with van der Waals surface area (Å²) < 4.78 is 4.96. The van der Waals surface area contributed by atoms with Crippen molar-refractivity contribution in [2.45, 2.75) is 13.0 Å². The van der Waals surface area contributed by atoms with Crippen molar-refractivity contribution in [1.29, 1.82) is 0 Å². The average Bonchev–Trinajstić information content (AvgIpc) is 2.78. The molecule has 1 aromatic rings. The van der Waals surface area contributed by atoms with Crippen molar-refractivity contribution in [2.75, 3.05) is 4.90 Å². The Bertz CT molecular complexity index is 619. The van der Waals surface area contributed by atoms with E-state index in [4.69, 9.17) is 11.2 Å². The molecule has 0 saturated heterocycles. The molecule has 0 aromatic heterocycles. The van der Waals surface area contributed by atoms with Crippen LogP contribution in [0.2, 0.25) is 0 Å². The Kier molecular flexibility index (Phi) is 3.67. The van der Waals surface area contributed by atoms with Gasteiger partial charge in [0.25, 0.3) is 11.8 Å². The number of ether oxygens (including phenoxy) is 1. The number of carbonyl (C=O) groups is 3. The molecule has 0 aliphatic carbocycles. The maximum Gasteiger partial charge on any atom is 0.339 e. The second-order valence-corrected chi connectivity index (χ2v) is 4.11. The standard InChI is InChI=1S/C15H11NO4/c1-3-10(2)20-15(19)11-4-6-12(7-5-11)16-13(17)8-9-14(16)18/h1,4-10H,2H3. The van der Waals surface area contributed by atoms with E-state index in [0.29, 0.717) is 11.3 Å². The van der Waals surface area contributed by atoms with Gasteiger partial charge in [0.05, 0.1) is 11.3 Å². The van der Waals surface area contributed by atoms with Crippen LogP contribution < -0.4 is 4.90 Å². The second kappa shape index (κ2) is 5.41. The Morgan fingerprint density at radius 3 is 2.25 bits per heavy atom. The molecule has 100 valence electrons. The van der Waals surface area contributed by atoms with Crippen molar-refractivity contribution in [1.82, 2.24) is 0 Å². The van der Waals surface area contributed by atoms with E-state index in [2.05, 4.69) is 5.92 Å². The number of hydrogen-bond donors (Lipinski definition) is 0. The number of carbonyl (C=O) groups excluding carboxylic acids is 3. The van der Waals surface area contributed by atoms with Crippen molar-refractivity contribution in [3.05, 3.63) is 42.0 Å². The van der Waals surface area contributed by atoms with Crippen LogP contribution >= 0.6 is 0 Å². The van der Waals surface area contributed by atoms with Gasteiger partial charge in [-0.25, -0.2) is 9.69 Å². The molecule has 20 heavy (non-hydrogen) atoms. The predicted octanol–water partition coefficient (Wildman–Crippen LogP) is 1.29. The van der Waals surface area contributed by atoms with E-state index in [0.717, 1.165) is 4.90 Å². The van der Waals surface area contributed by atoms with Gasteiger partial charge in [-0.05, 0) is 31.2 Å². The lowest BCUT2D eigenvalue weighted by Gasteiger charge is -2.14. The first-order chi connectivity index (χ1) is 9.52. The van der Waals surface area contributed by atoms with Crippen LogP contribution in [0.3, 0.4) is 0 Å². The molecule has 0 radical (unpaired) electrons. The molecule has 2 amide bonds. The number of nitrogens with zero attached hydrogens (tertiary/aromatic N) is 1. The van der Waals surface area contributed by atoms with E-state index in [1.165, 1.54) is 36.4 Å². The number of imide groups is 1. The molecule has 0 N–H and O–H groups in total. The number of rotatable bonds is 3. The molecule has 0 saturated carbocycles. The Labute approximate surface area is 115 Å². The van der Waals surface area contributed by atoms with Gasteiger partial charge in [0.1, 0.15) is 0 Å². The number of esters is 1. The highest BCUT2D eigenvalue weighted by Crippen LogP contribution is 2.19. The fraction of sp³-hybridized carbons (Fsp3) is 0.133. The first kappa shape index (κ1) is 13.6. The summed E-state index contributed by atoms with van der Waals surface area (Å²) in [5, 5.41) is 0. The molecule has 1 heterocycles. The van der Waals surface area contributed by atoms with Crippen LogP contribution in [0.15, 0.2) is 36.4 Å². The zero-order valence-electron chi connectivity index (χ0n) is 10.7. The van der Waals surface area contributed by atoms with E-state index in [1.807, 2.05) is 0 Å². The van der Waals surface area contributed by atoms with Crippen LogP contribution in [0.25, 0.3) is 0 Å². The van der Waals surface area contributed by atoms with E-state index < -0.39 is 23.9 Å². The number of terminal acetylenes is 1. The van der Waals surface area contributed by atoms with Gasteiger partial charge < -0.3 is 4.74 Å². The molecule has 2 rings (SSSR count). The highest BCUT2D eigenvalue weighted by molar-refractivity contribution is 6.28. The van der Waals surface area contributed by atoms with Gasteiger partial charge >= 0.3 is 5.97 Å². The molecule has 5 nitrogen and oxygen atoms in total. The van der Waals surface area contributed by atoms with Gasteiger partial charge in [-0.15, -0.1) is 6.42 Å². The smallest absolute Gasteiger partial charge is 0.339 e. The lowest BCUT2D eigenvalue weighted by atomic mass is 10.2. The molecule has 1 atom stereocenters. The third-order valence-corrected chi connectivity index (χ3v) is 2.69. The molecule has 5 heteroatoms. The lowest BCUT2D eigenvalue weighted by Crippen LogP contribution is -2.29. The van der Waals surface area contributed by atoms with Gasteiger partial charge in [-0.1, -0.05) is 5.92 Å². The van der Waals surface area contributed by atoms with E-state index in [1.54, 1.807) is 6.92 Å². The van der Waals surface area contributed by atoms with Gasteiger partial charge in [-0.3, -0.25) is 9.59 Å². The summed E-state index contributed by atoms with van der Waals surface area (Å²) in [5.41, 5.74) is 0.689. The molecule has 1 aromatic carbocycles. The van der Waals surface area contributed by atoms with E-state index in [-0.39, 0.29) is 0 Å². The highest BCUT2D eigenvalue weighted by atomic mass is 16.5. The summed E-state index contributed by atoms with van der Waals surface area (Å²) in [6, 6.07) is 5.94. The summed E-state index contributed by atoms with van der Waals surface area (Å²) in [6.45, 7) is 1.58. The highest BCUT2D eigenvalue weighted by Gasteiger charge is 2.25. The normalized spacial score (nSPS) is 15.1. The topological polar surface area (TPSA) is 63.7 Å². The summed E-state index contributed by atoms with van der Waals surface area (Å²) in [4.78, 5) is 35.7. The molecular formula is C15H11NO4. The van der Waals surface area contributed by atoms with Crippen molar-refractivity contribution in [3.63, 3.8) is 0 Å². The Morgan fingerprint density at radius 2 is 1.75 bits per heavy atom. The molecule has 0 fully saturated rings. The van der Waals surface area contributed by atoms with Gasteiger partial charge in [-0.2, -0.15) is 0 Å². The van der Waals surface area contributed by atoms with Crippen LogP contribution in [-0.4, -0.2) is 23.9 Å². The Hall–Kier alpha value is -2.87. The van der Waals surface area contributed by atoms with E-state index in [9.17, 15) is 14.4 Å². The third kappa shape index (κ3) is 2.59. The fourth-order valence-electron chi connectivity index (χ4n) is 1.66. The van der Waals surface area contributed by atoms with Crippen LogP contribution in [0.4, 0.5) is 5.69 Å². The minimum Gasteiger partial charge on any atom is -0.446 e. The largest absolute Gasteiger partial charge is 0.446 e. The molecule has 0 bridgehead atoms. The van der Waals surface area contributed by atoms with Crippen LogP contribution in [-0.2, 0) is 14.3 Å². The van der Waals surface area contributed by atoms with Crippen LogP contribution in [0.1, 0.15) is 17.3 Å². The molecule has 0 spiro atoms. The van der Waals surface area contributed by atoms with E-state index >= 15 is 0 Å². The monoisotopic (exact) mass is 269 g/mol. The first-order valence-electron chi connectivity index (χ1n) is 5.86. The molecule has 1 aliphatic rings. The third-order valence-electron chi connectivity index (χ3n) is 2.69. The van der Waals surface area contributed by atoms with Crippen molar-refractivity contribution in [2.24, 2.45) is 0 Å².